The molecule has 0 fully saturated rings. The molecule has 0 saturated heterocycles. The van der Waals surface area contributed by atoms with E-state index in [2.05, 4.69) is 16.8 Å². The molecule has 0 aliphatic rings. The van der Waals surface area contributed by atoms with Crippen molar-refractivity contribution in [1.82, 2.24) is 14.8 Å². The van der Waals surface area contributed by atoms with Crippen molar-refractivity contribution >= 4 is 23.8 Å². The highest BCUT2D eigenvalue weighted by Gasteiger charge is 2.16. The zero-order valence-corrected chi connectivity index (χ0v) is 12.3. The summed E-state index contributed by atoms with van der Waals surface area (Å²) in [6, 6.07) is 3.96. The van der Waals surface area contributed by atoms with Gasteiger partial charge in [-0.2, -0.15) is 5.10 Å². The molecule has 20 heavy (non-hydrogen) atoms. The predicted molar refractivity (Wildman–Crippen MR) is 78.1 cm³/mol. The Hall–Kier alpha value is -1.66. The molecular weight excluding hydrogens is 301 g/mol. The lowest BCUT2D eigenvalue weighted by atomic mass is 10.3. The minimum absolute atomic E-state index is 0.209. The summed E-state index contributed by atoms with van der Waals surface area (Å²) in [7, 11) is 0. The van der Waals surface area contributed by atoms with Crippen LogP contribution in [0, 0.1) is 10.6 Å². The van der Waals surface area contributed by atoms with E-state index >= 15 is 0 Å². The van der Waals surface area contributed by atoms with Crippen molar-refractivity contribution in [3.63, 3.8) is 0 Å². The van der Waals surface area contributed by atoms with E-state index in [-0.39, 0.29) is 5.02 Å². The molecule has 1 heterocycles. The summed E-state index contributed by atoms with van der Waals surface area (Å²) in [5, 5.41) is 7.05. The quantitative estimate of drug-likeness (QED) is 0.668. The summed E-state index contributed by atoms with van der Waals surface area (Å²) in [4.78, 5) is 0. The van der Waals surface area contributed by atoms with Crippen LogP contribution in [-0.4, -0.2) is 14.8 Å². The first-order chi connectivity index (χ1) is 9.52. The molecule has 0 bridgehead atoms. The maximum absolute atomic E-state index is 13.0. The smallest absolute Gasteiger partial charge is 0.195 e. The Labute approximate surface area is 125 Å². The van der Waals surface area contributed by atoms with E-state index in [1.807, 2.05) is 6.92 Å². The van der Waals surface area contributed by atoms with E-state index in [0.717, 1.165) is 0 Å². The molecular formula is C13H13ClFN3OS. The number of H-pyrrole nitrogens is 1. The minimum Gasteiger partial charge on any atom is -0.481 e. The Kier molecular flexibility index (Phi) is 4.57. The number of allylic oxidation sites excluding steroid dienone is 1. The average Bonchev–Trinajstić information content (AvgIpc) is 2.75. The standard InChI is InChI=1S/C13H13ClFN3OS/c1-3-6-18-12(16-17-13(18)20)8(2)19-11-5-4-9(15)7-10(11)14/h3-5,7-8H,1,6H2,2H3,(H,17,20)/t8-/m0/s1. The second-order valence-electron chi connectivity index (χ2n) is 4.12. The molecule has 0 aliphatic heterocycles. The highest BCUT2D eigenvalue weighted by molar-refractivity contribution is 7.71. The van der Waals surface area contributed by atoms with Gasteiger partial charge in [-0.3, -0.25) is 9.67 Å². The first-order valence-corrected chi connectivity index (χ1v) is 6.69. The number of nitrogens with one attached hydrogen (secondary N) is 1. The van der Waals surface area contributed by atoms with Gasteiger partial charge >= 0.3 is 0 Å². The van der Waals surface area contributed by atoms with Crippen LogP contribution in [-0.2, 0) is 6.54 Å². The highest BCUT2D eigenvalue weighted by Crippen LogP contribution is 2.29. The molecule has 0 spiro atoms. The average molecular weight is 314 g/mol. The van der Waals surface area contributed by atoms with Crippen molar-refractivity contribution in [2.75, 3.05) is 0 Å². The van der Waals surface area contributed by atoms with Crippen LogP contribution in [0.5, 0.6) is 5.75 Å². The van der Waals surface area contributed by atoms with Crippen LogP contribution < -0.4 is 4.74 Å². The van der Waals surface area contributed by atoms with Crippen LogP contribution in [0.15, 0.2) is 30.9 Å². The van der Waals surface area contributed by atoms with Gasteiger partial charge < -0.3 is 4.74 Å². The maximum Gasteiger partial charge on any atom is 0.195 e. The van der Waals surface area contributed by atoms with E-state index in [4.69, 9.17) is 28.6 Å². The van der Waals surface area contributed by atoms with Crippen LogP contribution in [0.3, 0.4) is 0 Å². The third-order valence-electron chi connectivity index (χ3n) is 2.66. The Morgan fingerprint density at radius 2 is 2.40 bits per heavy atom. The molecule has 0 radical (unpaired) electrons. The summed E-state index contributed by atoms with van der Waals surface area (Å²) < 4.78 is 20.9. The normalized spacial score (nSPS) is 12.2. The lowest BCUT2D eigenvalue weighted by molar-refractivity contribution is 0.211. The molecule has 2 rings (SSSR count). The number of hydrogen-bond acceptors (Lipinski definition) is 3. The van der Waals surface area contributed by atoms with Crippen LogP contribution in [0.25, 0.3) is 0 Å². The van der Waals surface area contributed by atoms with Crippen molar-refractivity contribution in [2.24, 2.45) is 0 Å². The third-order valence-corrected chi connectivity index (χ3v) is 3.27. The minimum atomic E-state index is -0.413. The van der Waals surface area contributed by atoms with Gasteiger partial charge in [-0.25, -0.2) is 4.39 Å². The number of nitrogens with zero attached hydrogens (tertiary/aromatic N) is 2. The van der Waals surface area contributed by atoms with Gasteiger partial charge in [0, 0.05) is 6.54 Å². The van der Waals surface area contributed by atoms with Crippen molar-refractivity contribution in [2.45, 2.75) is 19.6 Å². The summed E-state index contributed by atoms with van der Waals surface area (Å²) in [6.07, 6.45) is 1.32. The van der Waals surface area contributed by atoms with Gasteiger partial charge in [0.05, 0.1) is 5.02 Å². The molecule has 1 atom stereocenters. The van der Waals surface area contributed by atoms with Crippen LogP contribution in [0.2, 0.25) is 5.02 Å². The number of aromatic amines is 1. The van der Waals surface area contributed by atoms with Crippen LogP contribution in [0.1, 0.15) is 18.9 Å². The summed E-state index contributed by atoms with van der Waals surface area (Å²) in [6.45, 7) is 6.01. The predicted octanol–water partition coefficient (Wildman–Crippen LogP) is 4.06. The zero-order chi connectivity index (χ0) is 14.7. The van der Waals surface area contributed by atoms with Crippen molar-refractivity contribution in [3.8, 4) is 5.75 Å². The SMILES string of the molecule is C=CCn1c([C@H](C)Oc2ccc(F)cc2Cl)n[nH]c1=S. The molecule has 7 heteroatoms. The highest BCUT2D eigenvalue weighted by atomic mass is 35.5. The molecule has 0 aliphatic carbocycles. The largest absolute Gasteiger partial charge is 0.481 e. The molecule has 0 amide bonds. The van der Waals surface area contributed by atoms with Gasteiger partial charge in [0.2, 0.25) is 0 Å². The van der Waals surface area contributed by atoms with Gasteiger partial charge in [-0.1, -0.05) is 17.7 Å². The number of ether oxygens (including phenoxy) is 1. The first-order valence-electron chi connectivity index (χ1n) is 5.90. The van der Waals surface area contributed by atoms with Crippen LogP contribution >= 0.6 is 23.8 Å². The third kappa shape index (κ3) is 3.08. The number of aromatic nitrogens is 3. The molecule has 2 aromatic rings. The Morgan fingerprint density at radius 3 is 3.05 bits per heavy atom. The van der Waals surface area contributed by atoms with Gasteiger partial charge in [0.15, 0.2) is 16.7 Å². The molecule has 1 aromatic heterocycles. The van der Waals surface area contributed by atoms with Crippen LogP contribution in [0.4, 0.5) is 4.39 Å². The summed E-state index contributed by atoms with van der Waals surface area (Å²) >= 11 is 11.1. The van der Waals surface area contributed by atoms with Gasteiger partial charge in [0.1, 0.15) is 11.6 Å². The molecule has 0 unspecified atom stereocenters. The van der Waals surface area contributed by atoms with Crippen molar-refractivity contribution in [3.05, 3.63) is 52.3 Å². The van der Waals surface area contributed by atoms with E-state index in [1.165, 1.54) is 18.2 Å². The molecule has 4 nitrogen and oxygen atoms in total. The van der Waals surface area contributed by atoms with E-state index < -0.39 is 11.9 Å². The Bertz CT molecular complexity index is 682. The maximum atomic E-state index is 13.0. The lowest BCUT2D eigenvalue weighted by Gasteiger charge is -2.15. The second kappa shape index (κ2) is 6.19. The summed E-state index contributed by atoms with van der Waals surface area (Å²) in [5.74, 6) is 0.597. The molecule has 1 aromatic carbocycles. The van der Waals surface area contributed by atoms with E-state index in [0.29, 0.717) is 22.9 Å². The van der Waals surface area contributed by atoms with Gasteiger partial charge in [-0.15, -0.1) is 6.58 Å². The Balaban J connectivity index is 2.26. The van der Waals surface area contributed by atoms with E-state index in [9.17, 15) is 4.39 Å². The molecule has 1 N–H and O–H groups in total. The van der Waals surface area contributed by atoms with Crippen molar-refractivity contribution in [1.29, 1.82) is 0 Å². The number of hydrogen-bond donors (Lipinski definition) is 1. The fraction of sp³-hybridized carbons (Fsp3) is 0.231. The molecule has 106 valence electrons. The Morgan fingerprint density at radius 1 is 1.65 bits per heavy atom. The van der Waals surface area contributed by atoms with Gasteiger partial charge in [-0.05, 0) is 37.3 Å². The first kappa shape index (κ1) is 14.7. The number of rotatable bonds is 5. The zero-order valence-electron chi connectivity index (χ0n) is 10.8. The van der Waals surface area contributed by atoms with Crippen molar-refractivity contribution < 1.29 is 9.13 Å². The summed E-state index contributed by atoms with van der Waals surface area (Å²) in [5.41, 5.74) is 0. The van der Waals surface area contributed by atoms with Gasteiger partial charge in [0.25, 0.3) is 0 Å². The fourth-order valence-corrected chi connectivity index (χ4v) is 2.19. The second-order valence-corrected chi connectivity index (χ2v) is 4.91. The molecule has 0 saturated carbocycles. The lowest BCUT2D eigenvalue weighted by Crippen LogP contribution is -2.12. The number of halogens is 2. The monoisotopic (exact) mass is 313 g/mol. The van der Waals surface area contributed by atoms with E-state index in [1.54, 1.807) is 10.6 Å². The topological polar surface area (TPSA) is 42.8 Å². The number of benzene rings is 1. The fourth-order valence-electron chi connectivity index (χ4n) is 1.76.